The van der Waals surface area contributed by atoms with Gasteiger partial charge in [-0.15, -0.1) is 0 Å². The molecule has 2 aromatic rings. The smallest absolute Gasteiger partial charge is 0.282 e. The molecule has 1 amide bonds. The van der Waals surface area contributed by atoms with Crippen LogP contribution < -0.4 is 5.32 Å². The Bertz CT molecular complexity index is 607. The van der Waals surface area contributed by atoms with Gasteiger partial charge in [-0.3, -0.25) is 20.2 Å². The van der Waals surface area contributed by atoms with Gasteiger partial charge in [0, 0.05) is 13.0 Å². The van der Waals surface area contributed by atoms with Crippen molar-refractivity contribution in [2.75, 3.05) is 5.32 Å². The lowest BCUT2D eigenvalue weighted by molar-refractivity contribution is -0.384. The summed E-state index contributed by atoms with van der Waals surface area (Å²) in [5, 5.41) is 16.6. The number of amides is 1. The average Bonchev–Trinajstić information content (AvgIpc) is 2.76. The Morgan fingerprint density at radius 2 is 2.17 bits per heavy atom. The van der Waals surface area contributed by atoms with E-state index in [0.29, 0.717) is 0 Å². The van der Waals surface area contributed by atoms with Crippen LogP contribution in [-0.4, -0.2) is 21.0 Å². The minimum absolute atomic E-state index is 0.0222. The molecule has 0 aliphatic carbocycles. The zero-order valence-corrected chi connectivity index (χ0v) is 9.28. The topological polar surface area (TPSA) is 111 Å². The largest absolute Gasteiger partial charge is 0.332 e. The summed E-state index contributed by atoms with van der Waals surface area (Å²) in [6, 6.07) is 5.97. The van der Waals surface area contributed by atoms with Crippen molar-refractivity contribution < 1.29 is 14.2 Å². The maximum atomic E-state index is 10.8. The Morgan fingerprint density at radius 1 is 1.44 bits per heavy atom. The molecule has 8 heteroatoms. The maximum Gasteiger partial charge on any atom is 0.282 e. The molecular weight excluding hydrogens is 240 g/mol. The van der Waals surface area contributed by atoms with Crippen molar-refractivity contribution in [2.45, 2.75) is 6.92 Å². The van der Waals surface area contributed by atoms with E-state index in [1.54, 1.807) is 6.07 Å². The van der Waals surface area contributed by atoms with Gasteiger partial charge in [-0.1, -0.05) is 12.1 Å². The molecule has 0 radical (unpaired) electrons. The number of nitrogens with zero attached hydrogens (tertiary/aromatic N) is 3. The van der Waals surface area contributed by atoms with Gasteiger partial charge in [-0.2, -0.15) is 4.98 Å². The zero-order chi connectivity index (χ0) is 13.1. The molecule has 18 heavy (non-hydrogen) atoms. The number of benzene rings is 1. The highest BCUT2D eigenvalue weighted by molar-refractivity contribution is 5.86. The highest BCUT2D eigenvalue weighted by Crippen LogP contribution is 2.28. The molecule has 8 nitrogen and oxygen atoms in total. The Kier molecular flexibility index (Phi) is 3.00. The van der Waals surface area contributed by atoms with E-state index in [0.717, 1.165) is 0 Å². The van der Waals surface area contributed by atoms with E-state index in [2.05, 4.69) is 15.5 Å². The molecule has 0 fully saturated rings. The minimum atomic E-state index is -0.544. The second kappa shape index (κ2) is 4.62. The van der Waals surface area contributed by atoms with Crippen LogP contribution in [0.15, 0.2) is 28.8 Å². The van der Waals surface area contributed by atoms with Crippen molar-refractivity contribution in [3.8, 4) is 11.5 Å². The first-order valence-corrected chi connectivity index (χ1v) is 4.93. The third-order valence-corrected chi connectivity index (χ3v) is 2.05. The van der Waals surface area contributed by atoms with Crippen molar-refractivity contribution in [1.29, 1.82) is 0 Å². The Balaban J connectivity index is 2.40. The minimum Gasteiger partial charge on any atom is -0.332 e. The van der Waals surface area contributed by atoms with Crippen molar-refractivity contribution in [3.63, 3.8) is 0 Å². The van der Waals surface area contributed by atoms with Gasteiger partial charge in [0.05, 0.1) is 4.92 Å². The molecule has 0 saturated heterocycles. The molecular formula is C10H8N4O4. The maximum absolute atomic E-state index is 10.8. The fraction of sp³-hybridized carbons (Fsp3) is 0.100. The molecule has 0 aliphatic heterocycles. The summed E-state index contributed by atoms with van der Waals surface area (Å²) in [5.74, 6) is -0.411. The summed E-state index contributed by atoms with van der Waals surface area (Å²) in [6.45, 7) is 1.29. The number of hydrogen-bond donors (Lipinski definition) is 1. The van der Waals surface area contributed by atoms with E-state index < -0.39 is 4.92 Å². The van der Waals surface area contributed by atoms with Crippen LogP contribution in [0.2, 0.25) is 0 Å². The lowest BCUT2D eigenvalue weighted by Gasteiger charge is -1.96. The normalized spacial score (nSPS) is 10.1. The molecule has 0 saturated carbocycles. The van der Waals surface area contributed by atoms with Gasteiger partial charge in [-0.05, 0) is 11.2 Å². The number of carbonyl (C=O) groups excluding carboxylic acids is 1. The van der Waals surface area contributed by atoms with Crippen molar-refractivity contribution in [1.82, 2.24) is 10.1 Å². The fourth-order valence-electron chi connectivity index (χ4n) is 1.35. The first-order valence-electron chi connectivity index (χ1n) is 4.93. The summed E-state index contributed by atoms with van der Waals surface area (Å²) in [5.41, 5.74) is 0.0575. The van der Waals surface area contributed by atoms with E-state index >= 15 is 0 Å². The number of nitro groups is 1. The van der Waals surface area contributed by atoms with E-state index in [1.807, 2.05) is 0 Å². The molecule has 0 aliphatic rings. The lowest BCUT2D eigenvalue weighted by Crippen LogP contribution is -2.06. The van der Waals surface area contributed by atoms with Crippen molar-refractivity contribution in [3.05, 3.63) is 34.4 Å². The predicted octanol–water partition coefficient (Wildman–Crippen LogP) is 1.60. The zero-order valence-electron chi connectivity index (χ0n) is 9.28. The number of nitrogens with one attached hydrogen (secondary N) is 1. The third-order valence-electron chi connectivity index (χ3n) is 2.05. The molecule has 1 aromatic heterocycles. The summed E-state index contributed by atoms with van der Waals surface area (Å²) < 4.78 is 4.86. The second-order valence-electron chi connectivity index (χ2n) is 3.38. The van der Waals surface area contributed by atoms with Gasteiger partial charge in [0.2, 0.25) is 5.91 Å². The Labute approximate surface area is 101 Å². The number of rotatable bonds is 3. The molecule has 0 spiro atoms. The van der Waals surface area contributed by atoms with E-state index in [9.17, 15) is 14.9 Å². The van der Waals surface area contributed by atoms with Gasteiger partial charge in [0.1, 0.15) is 5.56 Å². The number of aromatic nitrogens is 2. The summed E-state index contributed by atoms with van der Waals surface area (Å²) in [4.78, 5) is 24.9. The number of para-hydroxylation sites is 1. The van der Waals surface area contributed by atoms with E-state index in [-0.39, 0.29) is 29.0 Å². The van der Waals surface area contributed by atoms with Gasteiger partial charge in [-0.25, -0.2) is 0 Å². The summed E-state index contributed by atoms with van der Waals surface area (Å²) in [7, 11) is 0. The van der Waals surface area contributed by atoms with Crippen molar-refractivity contribution >= 4 is 17.5 Å². The molecule has 2 rings (SSSR count). The number of carbonyl (C=O) groups is 1. The first-order chi connectivity index (χ1) is 8.58. The molecule has 1 aromatic carbocycles. The van der Waals surface area contributed by atoms with E-state index in [4.69, 9.17) is 4.52 Å². The second-order valence-corrected chi connectivity index (χ2v) is 3.38. The summed E-state index contributed by atoms with van der Waals surface area (Å²) in [6.07, 6.45) is 0. The van der Waals surface area contributed by atoms with E-state index in [1.165, 1.54) is 25.1 Å². The first kappa shape index (κ1) is 11.7. The van der Waals surface area contributed by atoms with Gasteiger partial charge < -0.3 is 4.52 Å². The number of nitro benzene ring substituents is 1. The quantitative estimate of drug-likeness (QED) is 0.652. The van der Waals surface area contributed by atoms with Crippen LogP contribution in [0.5, 0.6) is 0 Å². The average molecular weight is 248 g/mol. The Hall–Kier alpha value is -2.77. The van der Waals surface area contributed by atoms with Gasteiger partial charge in [0.15, 0.2) is 0 Å². The van der Waals surface area contributed by atoms with Crippen LogP contribution >= 0.6 is 0 Å². The molecule has 1 N–H and O–H groups in total. The number of anilines is 1. The molecule has 0 bridgehead atoms. The van der Waals surface area contributed by atoms with Crippen LogP contribution in [-0.2, 0) is 4.79 Å². The highest BCUT2D eigenvalue weighted by Gasteiger charge is 2.19. The third kappa shape index (κ3) is 2.32. The van der Waals surface area contributed by atoms with Crippen LogP contribution in [0, 0.1) is 10.1 Å². The van der Waals surface area contributed by atoms with Crippen molar-refractivity contribution in [2.24, 2.45) is 0 Å². The van der Waals surface area contributed by atoms with Crippen LogP contribution in [0.25, 0.3) is 11.5 Å². The Morgan fingerprint density at radius 3 is 2.83 bits per heavy atom. The molecule has 1 heterocycles. The monoisotopic (exact) mass is 248 g/mol. The van der Waals surface area contributed by atoms with Crippen LogP contribution in [0.3, 0.4) is 0 Å². The standard InChI is InChI=1S/C10H8N4O4/c1-6(15)11-10-12-9(18-13-10)7-4-2-3-5-8(7)14(16)17/h2-5H,1H3,(H,11,13,15). The van der Waals surface area contributed by atoms with Gasteiger partial charge in [0.25, 0.3) is 17.5 Å². The number of hydrogen-bond acceptors (Lipinski definition) is 6. The summed E-state index contributed by atoms with van der Waals surface area (Å²) >= 11 is 0. The molecule has 92 valence electrons. The highest BCUT2D eigenvalue weighted by atomic mass is 16.6. The fourth-order valence-corrected chi connectivity index (χ4v) is 1.35. The van der Waals surface area contributed by atoms with Crippen LogP contribution in [0.1, 0.15) is 6.92 Å². The lowest BCUT2D eigenvalue weighted by atomic mass is 10.2. The predicted molar refractivity (Wildman–Crippen MR) is 60.7 cm³/mol. The molecule has 0 unspecified atom stereocenters. The van der Waals surface area contributed by atoms with Crippen LogP contribution in [0.4, 0.5) is 11.6 Å². The molecule has 0 atom stereocenters. The van der Waals surface area contributed by atoms with Gasteiger partial charge >= 0.3 is 0 Å². The SMILES string of the molecule is CC(=O)Nc1noc(-c2ccccc2[N+](=O)[O-])n1.